The number of carbonyl (C=O) groups is 3. The normalized spacial score (nSPS) is 13.8. The smallest absolute Gasteiger partial charge is 0.339 e. The first-order chi connectivity index (χ1) is 30.6. The summed E-state index contributed by atoms with van der Waals surface area (Å²) in [5.41, 5.74) is 10.6. The number of rotatable bonds is 9. The Morgan fingerprint density at radius 3 is 2.48 bits per heavy atom. The molecule has 4 aromatic rings. The summed E-state index contributed by atoms with van der Waals surface area (Å²) in [4.78, 5) is 54.2. The fourth-order valence-electron chi connectivity index (χ4n) is 7.02. The molecule has 2 heterocycles. The number of anilines is 1. The molecule has 2 aliphatic rings. The lowest BCUT2D eigenvalue weighted by atomic mass is 9.95. The number of likely N-dealkylation sites (tertiary alicyclic amines) is 1. The van der Waals surface area contributed by atoms with Gasteiger partial charge in [0.1, 0.15) is 17.3 Å². The fourth-order valence-corrected chi connectivity index (χ4v) is 7.19. The number of nitrogens with two attached hydrogens (primary N) is 1. The molecule has 15 heteroatoms. The second kappa shape index (κ2) is 21.5. The molecule has 63 heavy (non-hydrogen) atoms. The van der Waals surface area contributed by atoms with Gasteiger partial charge in [-0.05, 0) is 84.7 Å². The second-order valence-electron chi connectivity index (χ2n) is 14.1. The van der Waals surface area contributed by atoms with Crippen LogP contribution >= 0.6 is 11.6 Å². The predicted molar refractivity (Wildman–Crippen MR) is 244 cm³/mol. The Bertz CT molecular complexity index is 2660. The number of fused-ring (bicyclic) bond motifs is 1. The zero-order chi connectivity index (χ0) is 44.9. The summed E-state index contributed by atoms with van der Waals surface area (Å²) in [5.74, 6) is 10.9. The molecule has 0 spiro atoms. The highest BCUT2D eigenvalue weighted by molar-refractivity contribution is 6.31. The van der Waals surface area contributed by atoms with Crippen molar-refractivity contribution in [3.05, 3.63) is 128 Å². The molecule has 2 aliphatic heterocycles. The summed E-state index contributed by atoms with van der Waals surface area (Å²) < 4.78 is 31.2. The van der Waals surface area contributed by atoms with Crippen molar-refractivity contribution >= 4 is 59.0 Å². The molecule has 0 saturated carbocycles. The zero-order valence-corrected chi connectivity index (χ0v) is 35.9. The molecule has 0 atom stereocenters. The molecule has 4 aromatic carbocycles. The third-order valence-corrected chi connectivity index (χ3v) is 10.4. The van der Waals surface area contributed by atoms with E-state index in [0.717, 1.165) is 11.1 Å². The molecule has 0 bridgehead atoms. The molecule has 6 rings (SSSR count). The number of ether oxygens (including phenoxy) is 3. The Hall–Kier alpha value is -7.26. The number of benzene rings is 4. The third kappa shape index (κ3) is 11.2. The zero-order valence-electron chi connectivity index (χ0n) is 35.2. The van der Waals surface area contributed by atoms with Gasteiger partial charge in [0.25, 0.3) is 5.91 Å². The fraction of sp³-hybridized carbons (Fsp3) is 0.250. The minimum absolute atomic E-state index is 0.123. The van der Waals surface area contributed by atoms with Gasteiger partial charge in [0.15, 0.2) is 0 Å². The molecule has 0 unspecified atom stereocenters. The van der Waals surface area contributed by atoms with Crippen molar-refractivity contribution in [2.45, 2.75) is 12.8 Å². The summed E-state index contributed by atoms with van der Waals surface area (Å²) in [5, 5.41) is 6.52. The monoisotopic (exact) mass is 869 g/mol. The van der Waals surface area contributed by atoms with Crippen LogP contribution in [0.25, 0.3) is 6.08 Å². The summed E-state index contributed by atoms with van der Waals surface area (Å²) in [7, 11) is 5.86. The van der Waals surface area contributed by atoms with Crippen LogP contribution in [0.4, 0.5) is 10.1 Å². The Balaban J connectivity index is 1.05. The lowest BCUT2D eigenvalue weighted by Crippen LogP contribution is -2.43. The van der Waals surface area contributed by atoms with Crippen LogP contribution in [0.15, 0.2) is 93.3 Å². The van der Waals surface area contributed by atoms with E-state index >= 15 is 4.39 Å². The minimum atomic E-state index is -0.512. The first-order valence-corrected chi connectivity index (χ1v) is 20.3. The number of hydrogen-bond donors (Lipinski definition) is 3. The van der Waals surface area contributed by atoms with E-state index in [-0.39, 0.29) is 48.9 Å². The van der Waals surface area contributed by atoms with E-state index in [0.29, 0.717) is 81.7 Å². The Morgan fingerprint density at radius 2 is 1.75 bits per heavy atom. The van der Waals surface area contributed by atoms with Crippen molar-refractivity contribution in [2.24, 2.45) is 26.6 Å². The van der Waals surface area contributed by atoms with E-state index in [2.05, 4.69) is 44.3 Å². The molecule has 4 N–H and O–H groups in total. The van der Waals surface area contributed by atoms with Gasteiger partial charge in [0.2, 0.25) is 11.9 Å². The van der Waals surface area contributed by atoms with Crippen LogP contribution in [0.3, 0.4) is 0 Å². The van der Waals surface area contributed by atoms with Crippen LogP contribution in [-0.2, 0) is 9.53 Å². The van der Waals surface area contributed by atoms with E-state index < -0.39 is 11.8 Å². The first kappa shape index (κ1) is 45.3. The number of aliphatic imine (C=N–C) groups is 3. The van der Waals surface area contributed by atoms with Crippen molar-refractivity contribution < 1.29 is 33.0 Å². The van der Waals surface area contributed by atoms with E-state index in [1.807, 2.05) is 12.1 Å². The maximum absolute atomic E-state index is 15.2. The van der Waals surface area contributed by atoms with Crippen molar-refractivity contribution in [1.29, 1.82) is 0 Å². The van der Waals surface area contributed by atoms with Gasteiger partial charge < -0.3 is 35.5 Å². The SMILES string of the molecule is C/N=C(\N=C/C1=Cc2ccc(Cl)cc2C(c2c(F)cccc2OC)=NC1)Nc1ccc(C(=O)N2CCC(C(=O)NCC#Cc3ccc(C(=O)OC)c(C#CCN)c3)CC2)c(OC)c1. The average Bonchev–Trinajstić information content (AvgIpc) is 3.48. The van der Waals surface area contributed by atoms with Crippen molar-refractivity contribution in [1.82, 2.24) is 10.2 Å². The van der Waals surface area contributed by atoms with Crippen LogP contribution < -0.4 is 25.8 Å². The molecule has 13 nitrogen and oxygen atoms in total. The quantitative estimate of drug-likeness (QED) is 0.0795. The van der Waals surface area contributed by atoms with Crippen LogP contribution in [0.1, 0.15) is 61.4 Å². The number of halogens is 2. The number of nitrogens with zero attached hydrogens (tertiary/aromatic N) is 4. The van der Waals surface area contributed by atoms with Gasteiger partial charge in [-0.1, -0.05) is 47.4 Å². The molecule has 2 amide bonds. The standard InChI is InChI=1S/C48H45ClFN7O6/c1-52-48(55-29-31-25-34-13-14-35(49)26-39(34)44(54-28-31)43-40(50)10-5-11-41(43)61-2)56-36-15-17-38(42(27-36)62-3)46(59)57-22-18-32(19-23-57)45(58)53-21-7-8-30-12-16-37(47(60)63-4)33(24-30)9-6-20-51/h5,10-17,24-27,29,32H,18-23,28,51H2,1-4H3,(H,52,56)(H,53,58)/b55-29-. The summed E-state index contributed by atoms with van der Waals surface area (Å²) in [6.07, 6.45) is 4.52. The number of guanidine groups is 1. The van der Waals surface area contributed by atoms with Gasteiger partial charge in [-0.15, -0.1) is 0 Å². The molecule has 0 aliphatic carbocycles. The molecule has 322 valence electrons. The minimum Gasteiger partial charge on any atom is -0.496 e. The van der Waals surface area contributed by atoms with Crippen LogP contribution in [0.5, 0.6) is 11.5 Å². The summed E-state index contributed by atoms with van der Waals surface area (Å²) >= 11 is 6.38. The third-order valence-electron chi connectivity index (χ3n) is 10.2. The number of carbonyl (C=O) groups excluding carboxylic acids is 3. The van der Waals surface area contributed by atoms with E-state index in [1.54, 1.807) is 78.8 Å². The van der Waals surface area contributed by atoms with E-state index in [4.69, 9.17) is 36.5 Å². The molecular formula is C48H45ClFN7O6. The van der Waals surface area contributed by atoms with Gasteiger partial charge in [-0.3, -0.25) is 19.6 Å². The Kier molecular flexibility index (Phi) is 15.5. The van der Waals surface area contributed by atoms with Gasteiger partial charge >= 0.3 is 5.97 Å². The van der Waals surface area contributed by atoms with E-state index in [1.165, 1.54) is 27.4 Å². The molecular weight excluding hydrogens is 825 g/mol. The van der Waals surface area contributed by atoms with Crippen molar-refractivity contribution in [3.8, 4) is 35.2 Å². The van der Waals surface area contributed by atoms with Crippen LogP contribution in [0, 0.1) is 35.4 Å². The van der Waals surface area contributed by atoms with E-state index in [9.17, 15) is 14.4 Å². The van der Waals surface area contributed by atoms with Gasteiger partial charge in [0.05, 0.1) is 63.4 Å². The number of methoxy groups -OCH3 is 3. The predicted octanol–water partition coefficient (Wildman–Crippen LogP) is 6.02. The molecule has 1 saturated heterocycles. The maximum Gasteiger partial charge on any atom is 0.339 e. The number of amides is 2. The Morgan fingerprint density at radius 1 is 0.968 bits per heavy atom. The number of piperidine rings is 1. The second-order valence-corrected chi connectivity index (χ2v) is 14.6. The van der Waals surface area contributed by atoms with Crippen molar-refractivity contribution in [3.63, 3.8) is 0 Å². The highest BCUT2D eigenvalue weighted by Crippen LogP contribution is 2.31. The molecule has 0 aromatic heterocycles. The summed E-state index contributed by atoms with van der Waals surface area (Å²) in [6.45, 7) is 1.22. The summed E-state index contributed by atoms with van der Waals surface area (Å²) in [6, 6.07) is 20.0. The molecule has 1 fully saturated rings. The topological polar surface area (TPSA) is 169 Å². The van der Waals surface area contributed by atoms with Crippen molar-refractivity contribution in [2.75, 3.05) is 66.4 Å². The molecule has 0 radical (unpaired) electrons. The number of hydrogen-bond acceptors (Lipinski definition) is 9. The van der Waals surface area contributed by atoms with Crippen LogP contribution in [-0.4, -0.2) is 102 Å². The first-order valence-electron chi connectivity index (χ1n) is 19.9. The Labute approximate surface area is 370 Å². The van der Waals surface area contributed by atoms with Gasteiger partial charge in [0, 0.05) is 65.7 Å². The lowest BCUT2D eigenvalue weighted by molar-refractivity contribution is -0.126. The lowest BCUT2D eigenvalue weighted by Gasteiger charge is -2.31. The maximum atomic E-state index is 15.2. The highest BCUT2D eigenvalue weighted by atomic mass is 35.5. The highest BCUT2D eigenvalue weighted by Gasteiger charge is 2.29. The number of nitrogens with one attached hydrogen (secondary N) is 2. The van der Waals surface area contributed by atoms with Gasteiger partial charge in [-0.2, -0.15) is 0 Å². The number of esters is 1. The average molecular weight is 870 g/mol. The van der Waals surface area contributed by atoms with Crippen LogP contribution in [0.2, 0.25) is 5.02 Å². The largest absolute Gasteiger partial charge is 0.496 e. The van der Waals surface area contributed by atoms with Gasteiger partial charge in [-0.25, -0.2) is 14.2 Å².